The number of aliphatic hydroxyl groups is 2. The fourth-order valence-electron chi connectivity index (χ4n) is 4.06. The lowest BCUT2D eigenvalue weighted by atomic mass is 9.75. The van der Waals surface area contributed by atoms with Crippen LogP contribution in [0.25, 0.3) is 22.2 Å². The van der Waals surface area contributed by atoms with Gasteiger partial charge >= 0.3 is 6.09 Å². The minimum Gasteiger partial charge on any atom is -0.446 e. The van der Waals surface area contributed by atoms with Gasteiger partial charge in [-0.2, -0.15) is 0 Å². The van der Waals surface area contributed by atoms with Crippen molar-refractivity contribution in [2.75, 3.05) is 6.61 Å². The molecule has 2 atom stereocenters. The van der Waals surface area contributed by atoms with Crippen LogP contribution >= 0.6 is 0 Å². The number of aliphatic hydroxyl groups excluding tert-OH is 2. The molecule has 0 unspecified atom stereocenters. The van der Waals surface area contributed by atoms with Gasteiger partial charge in [-0.05, 0) is 67.1 Å². The molecule has 170 valence electrons. The SMILES string of the molecule is C[C@@H](O)[C@@H](CO)NC(=O)OC1CC(c2c(-c3ccc(F)cc3)[nH]c3c(F)cc(F)cc23)C1. The van der Waals surface area contributed by atoms with Gasteiger partial charge in [0.05, 0.1) is 30.0 Å². The standard InChI is InChI=1S/C23H23F3N2O4/c1-11(30)19(10-29)27-23(31)32-16-6-13(7-16)20-17-8-15(25)9-18(26)22(17)28-21(20)12-2-4-14(24)5-3-12/h2-5,8-9,11,13,16,19,28-30H,6-7,10H2,1H3,(H,27,31)/t11-,13?,16?,19-/m1/s1. The number of hydrogen-bond donors (Lipinski definition) is 4. The molecule has 1 saturated carbocycles. The topological polar surface area (TPSA) is 94.6 Å². The van der Waals surface area contributed by atoms with Gasteiger partial charge in [-0.3, -0.25) is 0 Å². The summed E-state index contributed by atoms with van der Waals surface area (Å²) in [5.74, 6) is -1.99. The molecule has 4 N–H and O–H groups in total. The molecule has 4 rings (SSSR count). The van der Waals surface area contributed by atoms with Crippen molar-refractivity contribution in [3.8, 4) is 11.3 Å². The van der Waals surface area contributed by atoms with E-state index in [2.05, 4.69) is 10.3 Å². The minimum absolute atomic E-state index is 0.145. The predicted molar refractivity (Wildman–Crippen MR) is 112 cm³/mol. The number of hydrogen-bond acceptors (Lipinski definition) is 4. The molecule has 0 radical (unpaired) electrons. The minimum atomic E-state index is -0.948. The van der Waals surface area contributed by atoms with Crippen LogP contribution in [0.2, 0.25) is 0 Å². The van der Waals surface area contributed by atoms with Gasteiger partial charge in [0.1, 0.15) is 23.6 Å². The highest BCUT2D eigenvalue weighted by molar-refractivity contribution is 5.92. The Kier molecular flexibility index (Phi) is 6.12. The zero-order valence-corrected chi connectivity index (χ0v) is 17.2. The van der Waals surface area contributed by atoms with E-state index in [1.54, 1.807) is 12.1 Å². The van der Waals surface area contributed by atoms with Gasteiger partial charge in [-0.15, -0.1) is 0 Å². The second-order valence-corrected chi connectivity index (χ2v) is 8.10. The second-order valence-electron chi connectivity index (χ2n) is 8.10. The number of amides is 1. The Morgan fingerprint density at radius 3 is 2.50 bits per heavy atom. The second kappa shape index (κ2) is 8.84. The van der Waals surface area contributed by atoms with Crippen molar-refractivity contribution in [1.82, 2.24) is 10.3 Å². The van der Waals surface area contributed by atoms with Crippen LogP contribution in [0, 0.1) is 17.5 Å². The van der Waals surface area contributed by atoms with Crippen molar-refractivity contribution < 1.29 is 32.9 Å². The number of aromatic nitrogens is 1. The van der Waals surface area contributed by atoms with Gasteiger partial charge < -0.3 is 25.3 Å². The Balaban J connectivity index is 1.57. The van der Waals surface area contributed by atoms with E-state index in [1.165, 1.54) is 25.1 Å². The van der Waals surface area contributed by atoms with Crippen molar-refractivity contribution in [2.45, 2.75) is 43.9 Å². The van der Waals surface area contributed by atoms with Gasteiger partial charge in [-0.25, -0.2) is 18.0 Å². The van der Waals surface area contributed by atoms with E-state index in [0.29, 0.717) is 35.0 Å². The van der Waals surface area contributed by atoms with Crippen LogP contribution in [0.4, 0.5) is 18.0 Å². The van der Waals surface area contributed by atoms with Crippen LogP contribution in [0.3, 0.4) is 0 Å². The highest BCUT2D eigenvalue weighted by Gasteiger charge is 2.37. The molecule has 0 bridgehead atoms. The highest BCUT2D eigenvalue weighted by Crippen LogP contribution is 2.46. The summed E-state index contributed by atoms with van der Waals surface area (Å²) in [6.07, 6.45) is -1.30. The third kappa shape index (κ3) is 4.31. The van der Waals surface area contributed by atoms with Gasteiger partial charge in [0, 0.05) is 11.5 Å². The summed E-state index contributed by atoms with van der Waals surface area (Å²) >= 11 is 0. The maximum Gasteiger partial charge on any atom is 0.407 e. The number of nitrogens with one attached hydrogen (secondary N) is 2. The maximum atomic E-state index is 14.4. The molecule has 1 aliphatic rings. The third-order valence-corrected chi connectivity index (χ3v) is 5.86. The number of carbonyl (C=O) groups is 1. The van der Waals surface area contributed by atoms with E-state index in [4.69, 9.17) is 4.74 Å². The molecule has 1 aliphatic carbocycles. The number of ether oxygens (including phenoxy) is 1. The van der Waals surface area contributed by atoms with E-state index in [-0.39, 0.29) is 11.4 Å². The summed E-state index contributed by atoms with van der Waals surface area (Å²) in [7, 11) is 0. The zero-order chi connectivity index (χ0) is 23.0. The van der Waals surface area contributed by atoms with Gasteiger partial charge in [0.15, 0.2) is 0 Å². The molecule has 6 nitrogen and oxygen atoms in total. The summed E-state index contributed by atoms with van der Waals surface area (Å²) < 4.78 is 47.1. The van der Waals surface area contributed by atoms with Crippen molar-refractivity contribution in [3.63, 3.8) is 0 Å². The number of carbonyl (C=O) groups excluding carboxylic acids is 1. The molecule has 1 heterocycles. The molecule has 2 aromatic carbocycles. The molecule has 1 fully saturated rings. The van der Waals surface area contributed by atoms with Crippen molar-refractivity contribution in [2.24, 2.45) is 0 Å². The van der Waals surface area contributed by atoms with Gasteiger partial charge in [-0.1, -0.05) is 0 Å². The van der Waals surface area contributed by atoms with Crippen molar-refractivity contribution in [1.29, 1.82) is 0 Å². The highest BCUT2D eigenvalue weighted by atomic mass is 19.1. The maximum absolute atomic E-state index is 14.4. The van der Waals surface area contributed by atoms with E-state index in [1.807, 2.05) is 0 Å². The van der Waals surface area contributed by atoms with E-state index in [0.717, 1.165) is 6.07 Å². The smallest absolute Gasteiger partial charge is 0.407 e. The molecule has 32 heavy (non-hydrogen) atoms. The number of halogens is 3. The summed E-state index contributed by atoms with van der Waals surface area (Å²) in [5, 5.41) is 21.5. The monoisotopic (exact) mass is 448 g/mol. The quantitative estimate of drug-likeness (QED) is 0.459. The van der Waals surface area contributed by atoms with Gasteiger partial charge in [0.2, 0.25) is 0 Å². The first-order valence-electron chi connectivity index (χ1n) is 10.3. The molecule has 1 amide bonds. The molecule has 3 aromatic rings. The first-order valence-corrected chi connectivity index (χ1v) is 10.3. The van der Waals surface area contributed by atoms with Crippen LogP contribution in [0.5, 0.6) is 0 Å². The number of rotatable bonds is 6. The summed E-state index contributed by atoms with van der Waals surface area (Å²) in [5.41, 5.74) is 2.03. The normalized spacial score (nSPS) is 19.9. The lowest BCUT2D eigenvalue weighted by Crippen LogP contribution is -2.46. The molecule has 0 saturated heterocycles. The molecule has 1 aromatic heterocycles. The lowest BCUT2D eigenvalue weighted by Gasteiger charge is -2.35. The van der Waals surface area contributed by atoms with Crippen molar-refractivity contribution in [3.05, 3.63) is 59.4 Å². The number of H-pyrrole nitrogens is 1. The Morgan fingerprint density at radius 2 is 1.88 bits per heavy atom. The summed E-state index contributed by atoms with van der Waals surface area (Å²) in [4.78, 5) is 15.0. The van der Waals surface area contributed by atoms with Crippen LogP contribution in [0.15, 0.2) is 36.4 Å². The van der Waals surface area contributed by atoms with E-state index >= 15 is 0 Å². The van der Waals surface area contributed by atoms with Crippen LogP contribution in [0.1, 0.15) is 31.2 Å². The number of alkyl carbamates (subject to hydrolysis) is 1. The Hall–Kier alpha value is -3.04. The van der Waals surface area contributed by atoms with E-state index in [9.17, 15) is 28.2 Å². The fourth-order valence-corrected chi connectivity index (χ4v) is 4.06. The lowest BCUT2D eigenvalue weighted by molar-refractivity contribution is 0.0288. The van der Waals surface area contributed by atoms with Crippen LogP contribution in [-0.2, 0) is 4.74 Å². The fraction of sp³-hybridized carbons (Fsp3) is 0.348. The largest absolute Gasteiger partial charge is 0.446 e. The average Bonchev–Trinajstić information content (AvgIpc) is 3.08. The van der Waals surface area contributed by atoms with Crippen LogP contribution < -0.4 is 5.32 Å². The molecular weight excluding hydrogens is 425 g/mol. The number of fused-ring (bicyclic) bond motifs is 1. The Bertz CT molecular complexity index is 1120. The number of aromatic amines is 1. The average molecular weight is 448 g/mol. The van der Waals surface area contributed by atoms with Gasteiger partial charge in [0.25, 0.3) is 0 Å². The summed E-state index contributed by atoms with van der Waals surface area (Å²) in [6, 6.07) is 6.91. The first kappa shape index (κ1) is 22.2. The van der Waals surface area contributed by atoms with E-state index < -0.39 is 48.4 Å². The molecule has 0 aliphatic heterocycles. The zero-order valence-electron chi connectivity index (χ0n) is 17.2. The first-order chi connectivity index (χ1) is 15.3. The summed E-state index contributed by atoms with van der Waals surface area (Å²) in [6.45, 7) is 1.00. The number of benzene rings is 2. The molecule has 9 heteroatoms. The molecular formula is C23H23F3N2O4. The Labute approximate surface area is 182 Å². The third-order valence-electron chi connectivity index (χ3n) is 5.86. The van der Waals surface area contributed by atoms with Crippen LogP contribution in [-0.4, -0.2) is 46.1 Å². The predicted octanol–water partition coefficient (Wildman–Crippen LogP) is 3.97. The van der Waals surface area contributed by atoms with Crippen molar-refractivity contribution >= 4 is 17.0 Å². The molecule has 0 spiro atoms. The Morgan fingerprint density at radius 1 is 1.19 bits per heavy atom.